The summed E-state index contributed by atoms with van der Waals surface area (Å²) in [5, 5.41) is 9.97. The van der Waals surface area contributed by atoms with Crippen LogP contribution in [0.4, 0.5) is 13.2 Å². The van der Waals surface area contributed by atoms with Crippen molar-refractivity contribution in [2.45, 2.75) is 12.7 Å². The molecule has 134 valence electrons. The molecular weight excluding hydrogens is 347 g/mol. The normalized spacial score (nSPS) is 11.5. The smallest absolute Gasteiger partial charge is 0.416 e. The Hall–Kier alpha value is -3.16. The van der Waals surface area contributed by atoms with Crippen molar-refractivity contribution in [3.8, 4) is 5.88 Å². The molecule has 0 aliphatic carbocycles. The number of rotatable bonds is 3. The summed E-state index contributed by atoms with van der Waals surface area (Å²) >= 11 is 0. The lowest BCUT2D eigenvalue weighted by Gasteiger charge is -2.17. The second-order valence-electron chi connectivity index (χ2n) is 5.74. The minimum Gasteiger partial charge on any atom is -0.492 e. The Morgan fingerprint density at radius 3 is 2.19 bits per heavy atom. The Balaban J connectivity index is 1.80. The lowest BCUT2D eigenvalue weighted by Crippen LogP contribution is -2.27. The van der Waals surface area contributed by atoms with Crippen LogP contribution in [0, 0.1) is 0 Å². The fourth-order valence-corrected chi connectivity index (χ4v) is 2.46. The summed E-state index contributed by atoms with van der Waals surface area (Å²) in [7, 11) is 1.47. The summed E-state index contributed by atoms with van der Waals surface area (Å²) in [4.78, 5) is 21.9. The largest absolute Gasteiger partial charge is 0.492 e. The highest BCUT2D eigenvalue weighted by atomic mass is 19.4. The van der Waals surface area contributed by atoms with Crippen molar-refractivity contribution in [3.05, 3.63) is 65.4 Å². The predicted molar refractivity (Wildman–Crippen MR) is 88.4 cm³/mol. The average Bonchev–Trinajstić information content (AvgIpc) is 2.60. The molecule has 2 aromatic carbocycles. The van der Waals surface area contributed by atoms with Crippen molar-refractivity contribution in [3.63, 3.8) is 0 Å². The fourth-order valence-electron chi connectivity index (χ4n) is 2.46. The number of amides is 1. The summed E-state index contributed by atoms with van der Waals surface area (Å²) in [5.41, 5.74) is 0.456. The van der Waals surface area contributed by atoms with Gasteiger partial charge in [0.25, 0.3) is 5.91 Å². The number of hydrogen-bond donors (Lipinski definition) is 1. The standard InChI is InChI=1S/C18H14F3N3O2/c1-24(10-11-6-8-12(9-7-11)18(19,20)21)17(26)15-16(25)23-14-5-3-2-4-13(14)22-15/h2-9H,10H2,1H3,(H,23,25). The van der Waals surface area contributed by atoms with Crippen LogP contribution in [0.3, 0.4) is 0 Å². The van der Waals surface area contributed by atoms with Crippen LogP contribution in [0.25, 0.3) is 11.0 Å². The van der Waals surface area contributed by atoms with Crippen LogP contribution >= 0.6 is 0 Å². The molecule has 8 heteroatoms. The third-order valence-corrected chi connectivity index (χ3v) is 3.80. The van der Waals surface area contributed by atoms with E-state index in [-0.39, 0.29) is 12.2 Å². The summed E-state index contributed by atoms with van der Waals surface area (Å²) in [6, 6.07) is 11.3. The highest BCUT2D eigenvalue weighted by Gasteiger charge is 2.30. The number of halogens is 3. The van der Waals surface area contributed by atoms with E-state index in [0.29, 0.717) is 16.6 Å². The van der Waals surface area contributed by atoms with Gasteiger partial charge in [-0.2, -0.15) is 13.2 Å². The number of nitrogens with zero attached hydrogens (tertiary/aromatic N) is 3. The summed E-state index contributed by atoms with van der Waals surface area (Å²) in [6.45, 7) is 0.0604. The van der Waals surface area contributed by atoms with E-state index in [2.05, 4.69) is 9.97 Å². The van der Waals surface area contributed by atoms with Crippen molar-refractivity contribution in [1.29, 1.82) is 0 Å². The van der Waals surface area contributed by atoms with E-state index in [1.54, 1.807) is 24.3 Å². The van der Waals surface area contributed by atoms with E-state index in [1.165, 1.54) is 24.1 Å². The Morgan fingerprint density at radius 2 is 1.62 bits per heavy atom. The van der Waals surface area contributed by atoms with Gasteiger partial charge in [-0.15, -0.1) is 0 Å². The van der Waals surface area contributed by atoms with Gasteiger partial charge in [-0.1, -0.05) is 24.3 Å². The van der Waals surface area contributed by atoms with Gasteiger partial charge < -0.3 is 10.0 Å². The molecule has 0 atom stereocenters. The molecule has 0 fully saturated rings. The van der Waals surface area contributed by atoms with Gasteiger partial charge in [-0.05, 0) is 29.8 Å². The van der Waals surface area contributed by atoms with Gasteiger partial charge in [-0.25, -0.2) is 9.97 Å². The van der Waals surface area contributed by atoms with Gasteiger partial charge in [0.1, 0.15) is 0 Å². The molecule has 1 amide bonds. The van der Waals surface area contributed by atoms with Crippen LogP contribution in [-0.2, 0) is 12.7 Å². The van der Waals surface area contributed by atoms with Crippen molar-refractivity contribution in [1.82, 2.24) is 14.9 Å². The third-order valence-electron chi connectivity index (χ3n) is 3.80. The predicted octanol–water partition coefficient (Wildman–Crippen LogP) is 3.63. The zero-order chi connectivity index (χ0) is 18.9. The average molecular weight is 361 g/mol. The molecule has 0 saturated carbocycles. The van der Waals surface area contributed by atoms with Crippen LogP contribution in [0.15, 0.2) is 48.5 Å². The number of hydrogen-bond acceptors (Lipinski definition) is 4. The molecule has 0 aliphatic rings. The monoisotopic (exact) mass is 361 g/mol. The topological polar surface area (TPSA) is 66.3 Å². The quantitative estimate of drug-likeness (QED) is 0.774. The van der Waals surface area contributed by atoms with Crippen LogP contribution in [0.2, 0.25) is 0 Å². The lowest BCUT2D eigenvalue weighted by molar-refractivity contribution is -0.137. The number of para-hydroxylation sites is 2. The minimum atomic E-state index is -4.41. The molecule has 0 bridgehead atoms. The first-order valence-corrected chi connectivity index (χ1v) is 7.63. The number of aromatic hydroxyl groups is 1. The Bertz CT molecular complexity index is 956. The molecule has 1 N–H and O–H groups in total. The maximum Gasteiger partial charge on any atom is 0.416 e. The zero-order valence-electron chi connectivity index (χ0n) is 13.7. The number of aromatic nitrogens is 2. The molecule has 26 heavy (non-hydrogen) atoms. The maximum atomic E-state index is 12.6. The molecule has 3 aromatic rings. The van der Waals surface area contributed by atoms with Gasteiger partial charge in [0.2, 0.25) is 5.88 Å². The van der Waals surface area contributed by atoms with Gasteiger partial charge in [0.05, 0.1) is 16.6 Å². The Kier molecular flexibility index (Phi) is 4.50. The van der Waals surface area contributed by atoms with E-state index >= 15 is 0 Å². The van der Waals surface area contributed by atoms with Crippen LogP contribution < -0.4 is 0 Å². The van der Waals surface area contributed by atoms with Crippen molar-refractivity contribution in [2.75, 3.05) is 7.05 Å². The molecule has 0 aliphatic heterocycles. The molecule has 0 unspecified atom stereocenters. The SMILES string of the molecule is CN(Cc1ccc(C(F)(F)F)cc1)C(=O)c1nc2ccccc2nc1O. The highest BCUT2D eigenvalue weighted by molar-refractivity contribution is 5.96. The number of fused-ring (bicyclic) bond motifs is 1. The number of alkyl halides is 3. The molecule has 1 aromatic heterocycles. The summed E-state index contributed by atoms with van der Waals surface area (Å²) < 4.78 is 37.8. The third kappa shape index (κ3) is 3.58. The molecule has 0 spiro atoms. The fraction of sp³-hybridized carbons (Fsp3) is 0.167. The molecule has 0 radical (unpaired) electrons. The lowest BCUT2D eigenvalue weighted by atomic mass is 10.1. The van der Waals surface area contributed by atoms with E-state index in [9.17, 15) is 23.1 Å². The van der Waals surface area contributed by atoms with E-state index < -0.39 is 23.5 Å². The van der Waals surface area contributed by atoms with Crippen LogP contribution in [-0.4, -0.2) is 32.9 Å². The zero-order valence-corrected chi connectivity index (χ0v) is 13.7. The first-order valence-electron chi connectivity index (χ1n) is 7.63. The van der Waals surface area contributed by atoms with E-state index in [1.807, 2.05) is 0 Å². The molecule has 5 nitrogen and oxygen atoms in total. The Labute approximate surface area is 146 Å². The van der Waals surface area contributed by atoms with Crippen LogP contribution in [0.1, 0.15) is 21.6 Å². The maximum absolute atomic E-state index is 12.6. The van der Waals surface area contributed by atoms with E-state index in [4.69, 9.17) is 0 Å². The molecule has 3 rings (SSSR count). The second kappa shape index (κ2) is 6.62. The molecule has 1 heterocycles. The number of benzene rings is 2. The first kappa shape index (κ1) is 17.7. The highest BCUT2D eigenvalue weighted by Crippen LogP contribution is 2.29. The second-order valence-corrected chi connectivity index (χ2v) is 5.74. The van der Waals surface area contributed by atoms with Crippen LogP contribution in [0.5, 0.6) is 5.88 Å². The first-order chi connectivity index (χ1) is 12.3. The summed E-state index contributed by atoms with van der Waals surface area (Å²) in [6.07, 6.45) is -4.41. The number of carbonyl (C=O) groups excluding carboxylic acids is 1. The van der Waals surface area contributed by atoms with Crippen molar-refractivity contribution < 1.29 is 23.1 Å². The summed E-state index contributed by atoms with van der Waals surface area (Å²) in [5.74, 6) is -1.08. The van der Waals surface area contributed by atoms with E-state index in [0.717, 1.165) is 12.1 Å². The van der Waals surface area contributed by atoms with Gasteiger partial charge in [-0.3, -0.25) is 4.79 Å². The minimum absolute atomic E-state index is 0.0604. The molecular formula is C18H14F3N3O2. The van der Waals surface area contributed by atoms with Crippen molar-refractivity contribution >= 4 is 16.9 Å². The van der Waals surface area contributed by atoms with Crippen molar-refractivity contribution in [2.24, 2.45) is 0 Å². The van der Waals surface area contributed by atoms with Gasteiger partial charge in [0, 0.05) is 13.6 Å². The van der Waals surface area contributed by atoms with Gasteiger partial charge >= 0.3 is 6.18 Å². The van der Waals surface area contributed by atoms with Gasteiger partial charge in [0.15, 0.2) is 5.69 Å². The molecule has 0 saturated heterocycles. The number of carbonyl (C=O) groups is 1. The Morgan fingerprint density at radius 1 is 1.04 bits per heavy atom.